The molecule has 4 rings (SSSR count). The highest BCUT2D eigenvalue weighted by molar-refractivity contribution is 5.94. The number of hydrogen-bond acceptors (Lipinski definition) is 3. The maximum atomic E-state index is 12.8. The summed E-state index contributed by atoms with van der Waals surface area (Å²) < 4.78 is 2.13. The number of carbonyl (C=O) groups excluding carboxylic acids is 1. The number of rotatable bonds is 2. The van der Waals surface area contributed by atoms with E-state index in [1.807, 2.05) is 48.5 Å². The van der Waals surface area contributed by atoms with Gasteiger partial charge in [0.2, 0.25) is 0 Å². The van der Waals surface area contributed by atoms with Crippen LogP contribution in [0.2, 0.25) is 0 Å². The van der Waals surface area contributed by atoms with Crippen LogP contribution in [-0.2, 0) is 0 Å². The monoisotopic (exact) mass is 320 g/mol. The molecular formula is C19H20N4O. The van der Waals surface area contributed by atoms with Crippen molar-refractivity contribution >= 4 is 11.6 Å². The molecule has 122 valence electrons. The molecule has 1 atom stereocenters. The van der Waals surface area contributed by atoms with Crippen LogP contribution < -0.4 is 0 Å². The van der Waals surface area contributed by atoms with Crippen molar-refractivity contribution in [3.05, 3.63) is 65.9 Å². The van der Waals surface area contributed by atoms with Crippen LogP contribution >= 0.6 is 0 Å². The number of aryl methyl sites for hydroxylation is 1. The summed E-state index contributed by atoms with van der Waals surface area (Å²) in [6, 6.07) is 9.95. The predicted molar refractivity (Wildman–Crippen MR) is 92.0 cm³/mol. The first-order chi connectivity index (χ1) is 11.7. The fourth-order valence-electron chi connectivity index (χ4n) is 3.48. The van der Waals surface area contributed by atoms with Gasteiger partial charge in [0.1, 0.15) is 5.65 Å². The average Bonchev–Trinajstić information content (AvgIpc) is 3.10. The zero-order valence-corrected chi connectivity index (χ0v) is 13.7. The van der Waals surface area contributed by atoms with Gasteiger partial charge in [0.25, 0.3) is 5.91 Å². The first-order valence-corrected chi connectivity index (χ1v) is 8.36. The standard InChI is InChI=1S/C19H20N4O/c1-14-7-8-15(12-21-14)19(24)22-10-3-4-16(13-22)17-5-2-6-18-20-9-11-23(17)18/h2,5-9,11-12,16H,3-4,10,13H2,1H3/t16-/m1/s1. The lowest BCUT2D eigenvalue weighted by atomic mass is 9.93. The number of nitrogens with zero attached hydrogens (tertiary/aromatic N) is 4. The molecule has 4 heterocycles. The molecule has 24 heavy (non-hydrogen) atoms. The van der Waals surface area contributed by atoms with E-state index in [1.54, 1.807) is 6.20 Å². The first-order valence-electron chi connectivity index (χ1n) is 8.36. The topological polar surface area (TPSA) is 50.5 Å². The summed E-state index contributed by atoms with van der Waals surface area (Å²) in [5.41, 5.74) is 3.78. The minimum absolute atomic E-state index is 0.0741. The fraction of sp³-hybridized carbons (Fsp3) is 0.316. The van der Waals surface area contributed by atoms with E-state index in [-0.39, 0.29) is 5.91 Å². The van der Waals surface area contributed by atoms with E-state index in [1.165, 1.54) is 5.69 Å². The van der Waals surface area contributed by atoms with E-state index < -0.39 is 0 Å². The van der Waals surface area contributed by atoms with Gasteiger partial charge in [-0.25, -0.2) is 4.98 Å². The Hall–Kier alpha value is -2.69. The lowest BCUT2D eigenvalue weighted by Crippen LogP contribution is -2.39. The van der Waals surface area contributed by atoms with Crippen molar-refractivity contribution in [2.75, 3.05) is 13.1 Å². The van der Waals surface area contributed by atoms with Crippen LogP contribution in [0.3, 0.4) is 0 Å². The number of imidazole rings is 1. The molecule has 0 saturated carbocycles. The highest BCUT2D eigenvalue weighted by atomic mass is 16.2. The molecule has 0 spiro atoms. The molecule has 1 amide bonds. The van der Waals surface area contributed by atoms with Crippen LogP contribution in [0.15, 0.2) is 48.9 Å². The molecule has 0 bridgehead atoms. The smallest absolute Gasteiger partial charge is 0.255 e. The average molecular weight is 320 g/mol. The van der Waals surface area contributed by atoms with E-state index in [0.717, 1.165) is 37.3 Å². The lowest BCUT2D eigenvalue weighted by Gasteiger charge is -2.33. The van der Waals surface area contributed by atoms with Crippen LogP contribution in [0.4, 0.5) is 0 Å². The Morgan fingerprint density at radius 1 is 1.21 bits per heavy atom. The second-order valence-corrected chi connectivity index (χ2v) is 6.38. The van der Waals surface area contributed by atoms with Crippen LogP contribution in [0.1, 0.15) is 40.5 Å². The van der Waals surface area contributed by atoms with Crippen LogP contribution in [0.25, 0.3) is 5.65 Å². The number of fused-ring (bicyclic) bond motifs is 1. The summed E-state index contributed by atoms with van der Waals surface area (Å²) in [7, 11) is 0. The Bertz CT molecular complexity index is 868. The van der Waals surface area contributed by atoms with Gasteiger partial charge < -0.3 is 9.30 Å². The Morgan fingerprint density at radius 3 is 2.96 bits per heavy atom. The molecule has 1 aliphatic rings. The molecule has 0 unspecified atom stereocenters. The molecule has 1 saturated heterocycles. The largest absolute Gasteiger partial charge is 0.338 e. The summed E-state index contributed by atoms with van der Waals surface area (Å²) in [6.45, 7) is 3.48. The maximum Gasteiger partial charge on any atom is 0.255 e. The van der Waals surface area contributed by atoms with Gasteiger partial charge in [-0.3, -0.25) is 9.78 Å². The quantitative estimate of drug-likeness (QED) is 0.729. The summed E-state index contributed by atoms with van der Waals surface area (Å²) in [5.74, 6) is 0.406. The van der Waals surface area contributed by atoms with Gasteiger partial charge in [-0.1, -0.05) is 6.07 Å². The SMILES string of the molecule is Cc1ccc(C(=O)N2CCC[C@@H](c3cccc4nccn34)C2)cn1. The third-order valence-corrected chi connectivity index (χ3v) is 4.75. The molecule has 1 fully saturated rings. The van der Waals surface area contributed by atoms with Crippen molar-refractivity contribution in [1.29, 1.82) is 0 Å². The van der Waals surface area contributed by atoms with E-state index in [0.29, 0.717) is 11.5 Å². The number of carbonyl (C=O) groups is 1. The Labute approximate surface area is 141 Å². The minimum Gasteiger partial charge on any atom is -0.338 e. The Morgan fingerprint density at radius 2 is 2.12 bits per heavy atom. The predicted octanol–water partition coefficient (Wildman–Crippen LogP) is 3.06. The van der Waals surface area contributed by atoms with Gasteiger partial charge in [-0.2, -0.15) is 0 Å². The summed E-state index contributed by atoms with van der Waals surface area (Å²) in [5, 5.41) is 0. The summed E-state index contributed by atoms with van der Waals surface area (Å²) >= 11 is 0. The van der Waals surface area contributed by atoms with E-state index >= 15 is 0 Å². The van der Waals surface area contributed by atoms with Gasteiger partial charge in [-0.05, 0) is 44.0 Å². The van der Waals surface area contributed by atoms with Crippen molar-refractivity contribution in [2.45, 2.75) is 25.7 Å². The zero-order chi connectivity index (χ0) is 16.5. The molecule has 3 aromatic rings. The van der Waals surface area contributed by atoms with Gasteiger partial charge in [0, 0.05) is 49.0 Å². The molecule has 0 aliphatic carbocycles. The van der Waals surface area contributed by atoms with E-state index in [9.17, 15) is 4.79 Å². The zero-order valence-electron chi connectivity index (χ0n) is 13.7. The second-order valence-electron chi connectivity index (χ2n) is 6.38. The van der Waals surface area contributed by atoms with Crippen molar-refractivity contribution in [1.82, 2.24) is 19.3 Å². The van der Waals surface area contributed by atoms with Crippen molar-refractivity contribution in [3.63, 3.8) is 0 Å². The first kappa shape index (κ1) is 14.9. The van der Waals surface area contributed by atoms with Gasteiger partial charge in [0.15, 0.2) is 0 Å². The molecular weight excluding hydrogens is 300 g/mol. The van der Waals surface area contributed by atoms with E-state index in [4.69, 9.17) is 0 Å². The van der Waals surface area contributed by atoms with Gasteiger partial charge >= 0.3 is 0 Å². The maximum absolute atomic E-state index is 12.8. The number of amides is 1. The lowest BCUT2D eigenvalue weighted by molar-refractivity contribution is 0.0705. The van der Waals surface area contributed by atoms with Gasteiger partial charge in [-0.15, -0.1) is 0 Å². The highest BCUT2D eigenvalue weighted by Crippen LogP contribution is 2.28. The van der Waals surface area contributed by atoms with Gasteiger partial charge in [0.05, 0.1) is 5.56 Å². The van der Waals surface area contributed by atoms with Crippen molar-refractivity contribution in [2.24, 2.45) is 0 Å². The highest BCUT2D eigenvalue weighted by Gasteiger charge is 2.26. The fourth-order valence-corrected chi connectivity index (χ4v) is 3.48. The normalized spacial score (nSPS) is 18.0. The number of hydrogen-bond donors (Lipinski definition) is 0. The number of likely N-dealkylation sites (tertiary alicyclic amines) is 1. The molecule has 3 aromatic heterocycles. The summed E-state index contributed by atoms with van der Waals surface area (Å²) in [4.78, 5) is 23.3. The molecule has 0 radical (unpaired) electrons. The second kappa shape index (κ2) is 6.07. The molecule has 0 N–H and O–H groups in total. The number of aromatic nitrogens is 3. The Kier molecular flexibility index (Phi) is 3.76. The molecule has 1 aliphatic heterocycles. The number of pyridine rings is 2. The minimum atomic E-state index is 0.0741. The Balaban J connectivity index is 1.58. The van der Waals surface area contributed by atoms with Crippen LogP contribution in [0.5, 0.6) is 0 Å². The van der Waals surface area contributed by atoms with Crippen molar-refractivity contribution < 1.29 is 4.79 Å². The molecule has 5 heteroatoms. The third kappa shape index (κ3) is 2.66. The summed E-state index contributed by atoms with van der Waals surface area (Å²) in [6.07, 6.45) is 7.60. The van der Waals surface area contributed by atoms with E-state index in [2.05, 4.69) is 20.4 Å². The molecule has 0 aromatic carbocycles. The molecule has 5 nitrogen and oxygen atoms in total. The third-order valence-electron chi connectivity index (χ3n) is 4.75. The van der Waals surface area contributed by atoms with Crippen LogP contribution in [-0.4, -0.2) is 38.3 Å². The van der Waals surface area contributed by atoms with Crippen LogP contribution in [0, 0.1) is 6.92 Å². The number of piperidine rings is 1. The van der Waals surface area contributed by atoms with Crippen molar-refractivity contribution in [3.8, 4) is 0 Å².